The predicted octanol–water partition coefficient (Wildman–Crippen LogP) is 4.10. The lowest BCUT2D eigenvalue weighted by Gasteiger charge is -2.07. The van der Waals surface area contributed by atoms with Gasteiger partial charge in [-0.1, -0.05) is 38.5 Å². The molecule has 0 aromatic carbocycles. The average molecular weight is 192 g/mol. The van der Waals surface area contributed by atoms with Crippen LogP contribution in [0.1, 0.15) is 27.2 Å². The molecule has 76 valence electrons. The van der Waals surface area contributed by atoms with Gasteiger partial charge in [0.2, 0.25) is 0 Å². The minimum absolute atomic E-state index is 0.192. The quantitative estimate of drug-likeness (QED) is 0.590. The Labute approximate surface area is 77.1 Å². The number of rotatable bonds is 3. The second-order valence-corrected chi connectivity index (χ2v) is 2.99. The minimum Gasteiger partial charge on any atom is -0.166 e. The number of allylic oxidation sites excluding steroid dienone is 4. The third-order valence-electron chi connectivity index (χ3n) is 1.89. The van der Waals surface area contributed by atoms with Crippen molar-refractivity contribution in [1.29, 1.82) is 0 Å². The molecule has 13 heavy (non-hydrogen) atoms. The number of hydrogen-bond acceptors (Lipinski definition) is 0. The molecule has 1 unspecified atom stereocenters. The van der Waals surface area contributed by atoms with Crippen LogP contribution in [-0.2, 0) is 0 Å². The van der Waals surface area contributed by atoms with Crippen molar-refractivity contribution >= 4 is 0 Å². The van der Waals surface area contributed by atoms with Crippen molar-refractivity contribution < 1.29 is 13.2 Å². The smallest absolute Gasteiger partial charge is 0.166 e. The Bertz CT molecular complexity index is 199. The lowest BCUT2D eigenvalue weighted by Crippen LogP contribution is -2.09. The summed E-state index contributed by atoms with van der Waals surface area (Å²) >= 11 is 0. The van der Waals surface area contributed by atoms with Gasteiger partial charge >= 0.3 is 6.18 Å². The standard InChI is InChI=1S/C10H15F3/c1-4-8(3)6-7-9(5-2)10(11,12)13/h5-8H,4H2,1-3H3/b7-6-,9-5+. The van der Waals surface area contributed by atoms with E-state index in [1.807, 2.05) is 13.8 Å². The molecule has 1 atom stereocenters. The van der Waals surface area contributed by atoms with Gasteiger partial charge in [0.1, 0.15) is 0 Å². The summed E-state index contributed by atoms with van der Waals surface area (Å²) in [4.78, 5) is 0. The predicted molar refractivity (Wildman–Crippen MR) is 48.4 cm³/mol. The minimum atomic E-state index is -4.22. The molecule has 0 saturated carbocycles. The van der Waals surface area contributed by atoms with Crippen LogP contribution in [0.25, 0.3) is 0 Å². The van der Waals surface area contributed by atoms with Gasteiger partial charge in [0.25, 0.3) is 0 Å². The maximum atomic E-state index is 12.2. The average Bonchev–Trinajstić information content (AvgIpc) is 2.02. The van der Waals surface area contributed by atoms with Gasteiger partial charge in [-0.3, -0.25) is 0 Å². The van der Waals surface area contributed by atoms with Gasteiger partial charge in [0, 0.05) is 0 Å². The van der Waals surface area contributed by atoms with Crippen LogP contribution < -0.4 is 0 Å². The first kappa shape index (κ1) is 12.3. The molecule has 0 nitrogen and oxygen atoms in total. The third kappa shape index (κ3) is 4.76. The fourth-order valence-electron chi connectivity index (χ4n) is 0.758. The summed E-state index contributed by atoms with van der Waals surface area (Å²) in [7, 11) is 0. The van der Waals surface area contributed by atoms with Crippen LogP contribution in [-0.4, -0.2) is 6.18 Å². The Balaban J connectivity index is 4.41. The van der Waals surface area contributed by atoms with Crippen LogP contribution in [0.15, 0.2) is 23.8 Å². The third-order valence-corrected chi connectivity index (χ3v) is 1.89. The summed E-state index contributed by atoms with van der Waals surface area (Å²) in [6, 6.07) is 0. The van der Waals surface area contributed by atoms with Crippen molar-refractivity contribution in [3.8, 4) is 0 Å². The molecule has 0 saturated heterocycles. The van der Waals surface area contributed by atoms with Gasteiger partial charge in [0.05, 0.1) is 5.57 Å². The Morgan fingerprint density at radius 2 is 1.92 bits per heavy atom. The van der Waals surface area contributed by atoms with Crippen molar-refractivity contribution in [1.82, 2.24) is 0 Å². The van der Waals surface area contributed by atoms with Gasteiger partial charge in [0.15, 0.2) is 0 Å². The Morgan fingerprint density at radius 1 is 1.38 bits per heavy atom. The normalized spacial score (nSPS) is 16.6. The summed E-state index contributed by atoms with van der Waals surface area (Å²) in [5, 5.41) is 0. The van der Waals surface area contributed by atoms with E-state index in [4.69, 9.17) is 0 Å². The van der Waals surface area contributed by atoms with Crippen molar-refractivity contribution in [3.05, 3.63) is 23.8 Å². The van der Waals surface area contributed by atoms with E-state index in [0.717, 1.165) is 18.6 Å². The monoisotopic (exact) mass is 192 g/mol. The summed E-state index contributed by atoms with van der Waals surface area (Å²) in [5.74, 6) is 0.192. The highest BCUT2D eigenvalue weighted by molar-refractivity contribution is 5.23. The van der Waals surface area contributed by atoms with E-state index in [-0.39, 0.29) is 5.92 Å². The number of hydrogen-bond donors (Lipinski definition) is 0. The van der Waals surface area contributed by atoms with Gasteiger partial charge in [-0.15, -0.1) is 0 Å². The summed E-state index contributed by atoms with van der Waals surface area (Å²) in [6.07, 6.45) is 0.444. The Kier molecular flexibility index (Phi) is 4.81. The SMILES string of the molecule is C/C=C(\C=C/C(C)CC)C(F)(F)F. The zero-order valence-electron chi connectivity index (χ0n) is 8.15. The van der Waals surface area contributed by atoms with E-state index in [1.54, 1.807) is 6.08 Å². The van der Waals surface area contributed by atoms with Crippen LogP contribution in [0.3, 0.4) is 0 Å². The Morgan fingerprint density at radius 3 is 2.23 bits per heavy atom. The van der Waals surface area contributed by atoms with E-state index < -0.39 is 11.7 Å². The van der Waals surface area contributed by atoms with Crippen LogP contribution in [0.5, 0.6) is 0 Å². The zero-order valence-corrected chi connectivity index (χ0v) is 8.15. The second-order valence-electron chi connectivity index (χ2n) is 2.99. The second kappa shape index (κ2) is 5.10. The highest BCUT2D eigenvalue weighted by Crippen LogP contribution is 2.26. The largest absolute Gasteiger partial charge is 0.416 e. The van der Waals surface area contributed by atoms with E-state index in [2.05, 4.69) is 0 Å². The fourth-order valence-corrected chi connectivity index (χ4v) is 0.758. The van der Waals surface area contributed by atoms with Crippen LogP contribution in [0.2, 0.25) is 0 Å². The molecule has 0 rings (SSSR count). The van der Waals surface area contributed by atoms with E-state index in [9.17, 15) is 13.2 Å². The van der Waals surface area contributed by atoms with Crippen LogP contribution >= 0.6 is 0 Å². The molecule has 0 N–H and O–H groups in total. The zero-order chi connectivity index (χ0) is 10.5. The maximum Gasteiger partial charge on any atom is 0.416 e. The number of alkyl halides is 3. The van der Waals surface area contributed by atoms with Crippen molar-refractivity contribution in [2.45, 2.75) is 33.4 Å². The Hall–Kier alpha value is -0.730. The molecule has 3 heteroatoms. The van der Waals surface area contributed by atoms with Gasteiger partial charge in [-0.25, -0.2) is 0 Å². The van der Waals surface area contributed by atoms with Crippen molar-refractivity contribution in [2.75, 3.05) is 0 Å². The molecule has 0 bridgehead atoms. The van der Waals surface area contributed by atoms with E-state index >= 15 is 0 Å². The molecule has 0 radical (unpaired) electrons. The van der Waals surface area contributed by atoms with E-state index in [1.165, 1.54) is 6.92 Å². The lowest BCUT2D eigenvalue weighted by molar-refractivity contribution is -0.0883. The molecule has 0 aliphatic rings. The summed E-state index contributed by atoms with van der Waals surface area (Å²) in [5.41, 5.74) is -0.576. The summed E-state index contributed by atoms with van der Waals surface area (Å²) in [6.45, 7) is 5.22. The first-order chi connectivity index (χ1) is 5.91. The van der Waals surface area contributed by atoms with E-state index in [0.29, 0.717) is 0 Å². The molecule has 0 heterocycles. The molecule has 0 aromatic rings. The van der Waals surface area contributed by atoms with Gasteiger partial charge < -0.3 is 0 Å². The van der Waals surface area contributed by atoms with Crippen LogP contribution in [0, 0.1) is 5.92 Å². The lowest BCUT2D eigenvalue weighted by atomic mass is 10.1. The molecule has 0 spiro atoms. The number of halogens is 3. The molecule has 0 fully saturated rings. The molecule has 0 aliphatic heterocycles. The highest BCUT2D eigenvalue weighted by atomic mass is 19.4. The fraction of sp³-hybridized carbons (Fsp3) is 0.600. The molecule has 0 amide bonds. The molecule has 0 aliphatic carbocycles. The molecular formula is C10H15F3. The van der Waals surface area contributed by atoms with Crippen molar-refractivity contribution in [3.63, 3.8) is 0 Å². The molecule has 0 aromatic heterocycles. The first-order valence-corrected chi connectivity index (χ1v) is 4.33. The highest BCUT2D eigenvalue weighted by Gasteiger charge is 2.30. The topological polar surface area (TPSA) is 0 Å². The first-order valence-electron chi connectivity index (χ1n) is 4.33. The summed E-state index contributed by atoms with van der Waals surface area (Å²) < 4.78 is 36.5. The van der Waals surface area contributed by atoms with Gasteiger partial charge in [-0.2, -0.15) is 13.2 Å². The van der Waals surface area contributed by atoms with Crippen molar-refractivity contribution in [2.24, 2.45) is 5.92 Å². The van der Waals surface area contributed by atoms with Gasteiger partial charge in [-0.05, 0) is 12.8 Å². The molecular weight excluding hydrogens is 177 g/mol. The maximum absolute atomic E-state index is 12.2. The van der Waals surface area contributed by atoms with Crippen LogP contribution in [0.4, 0.5) is 13.2 Å².